The highest BCUT2D eigenvalue weighted by Gasteiger charge is 2.22. The molecule has 0 spiro atoms. The molecule has 3 heteroatoms. The monoisotopic (exact) mass is 186 g/mol. The third-order valence-corrected chi connectivity index (χ3v) is 2.75. The van der Waals surface area contributed by atoms with Crippen molar-refractivity contribution in [1.29, 1.82) is 0 Å². The van der Waals surface area contributed by atoms with Gasteiger partial charge in [-0.1, -0.05) is 32.7 Å². The minimum absolute atomic E-state index is 0.198. The summed E-state index contributed by atoms with van der Waals surface area (Å²) in [5.41, 5.74) is 3.89. The van der Waals surface area contributed by atoms with Crippen LogP contribution in [-0.2, 0) is 4.79 Å². The van der Waals surface area contributed by atoms with Gasteiger partial charge in [0, 0.05) is 5.57 Å². The summed E-state index contributed by atoms with van der Waals surface area (Å²) in [6.45, 7) is 10.1. The molecule has 1 rings (SSSR count). The standard InChI is InChI=1S/C11H16B2O/c1-6(2)8-5-7(3)10(13-4)9(12)11(8)14/h5-6,13H,3,12H2,1-2,4H3. The number of rotatable bonds is 2. The van der Waals surface area contributed by atoms with Crippen LogP contribution >= 0.6 is 0 Å². The normalized spacial score (nSPS) is 17.6. The Bertz CT molecular complexity index is 348. The van der Waals surface area contributed by atoms with Crippen LogP contribution in [0, 0.1) is 5.92 Å². The van der Waals surface area contributed by atoms with E-state index in [0.717, 1.165) is 29.4 Å². The molecule has 1 aliphatic carbocycles. The molecule has 0 radical (unpaired) electrons. The molecule has 0 aliphatic heterocycles. The number of hydrogen-bond donors (Lipinski definition) is 0. The molecule has 0 aromatic carbocycles. The average Bonchev–Trinajstić information content (AvgIpc) is 2.12. The predicted molar refractivity (Wildman–Crippen MR) is 65.7 cm³/mol. The zero-order valence-electron chi connectivity index (χ0n) is 9.48. The first-order valence-corrected chi connectivity index (χ1v) is 5.14. The second kappa shape index (κ2) is 4.03. The number of hydrogen-bond acceptors (Lipinski definition) is 1. The van der Waals surface area contributed by atoms with Gasteiger partial charge in [-0.05, 0) is 23.0 Å². The highest BCUT2D eigenvalue weighted by atomic mass is 16.1. The van der Waals surface area contributed by atoms with Gasteiger partial charge in [0.25, 0.3) is 0 Å². The molecule has 0 saturated heterocycles. The van der Waals surface area contributed by atoms with Gasteiger partial charge in [0.2, 0.25) is 0 Å². The second-order valence-corrected chi connectivity index (χ2v) is 4.07. The van der Waals surface area contributed by atoms with Gasteiger partial charge in [0.05, 0.1) is 0 Å². The van der Waals surface area contributed by atoms with Crippen LogP contribution in [0.15, 0.2) is 34.7 Å². The van der Waals surface area contributed by atoms with E-state index in [1.165, 1.54) is 0 Å². The Morgan fingerprint density at radius 1 is 1.50 bits per heavy atom. The fourth-order valence-corrected chi connectivity index (χ4v) is 1.86. The molecule has 0 aromatic rings. The maximum Gasteiger partial charge on any atom is 0.175 e. The predicted octanol–water partition coefficient (Wildman–Crippen LogP) is 1.04. The largest absolute Gasteiger partial charge is 0.290 e. The SMILES string of the molecule is BC1=C(BC)C(=C)C=C(C(C)C)C1=O. The maximum atomic E-state index is 11.9. The molecule has 1 aliphatic rings. The molecule has 0 atom stereocenters. The molecular formula is C11H16B2O. The zero-order chi connectivity index (χ0) is 10.9. The Morgan fingerprint density at radius 2 is 2.07 bits per heavy atom. The van der Waals surface area contributed by atoms with Crippen molar-refractivity contribution in [1.82, 2.24) is 0 Å². The Morgan fingerprint density at radius 3 is 2.50 bits per heavy atom. The topological polar surface area (TPSA) is 17.1 Å². The molecule has 0 amide bonds. The van der Waals surface area contributed by atoms with Crippen LogP contribution in [0.4, 0.5) is 0 Å². The lowest BCUT2D eigenvalue weighted by molar-refractivity contribution is -0.112. The summed E-state index contributed by atoms with van der Waals surface area (Å²) in [5, 5.41) is 0. The van der Waals surface area contributed by atoms with E-state index < -0.39 is 0 Å². The number of carbonyl (C=O) groups excluding carboxylic acids is 1. The van der Waals surface area contributed by atoms with Crippen LogP contribution in [0.25, 0.3) is 0 Å². The van der Waals surface area contributed by atoms with Crippen molar-refractivity contribution < 1.29 is 4.79 Å². The Balaban J connectivity index is 3.15. The molecule has 1 nitrogen and oxygen atoms in total. The minimum atomic E-state index is 0.198. The van der Waals surface area contributed by atoms with Gasteiger partial charge in [-0.2, -0.15) is 0 Å². The van der Waals surface area contributed by atoms with Crippen LogP contribution in [-0.4, -0.2) is 20.9 Å². The smallest absolute Gasteiger partial charge is 0.175 e. The van der Waals surface area contributed by atoms with Crippen molar-refractivity contribution in [3.05, 3.63) is 34.7 Å². The summed E-state index contributed by atoms with van der Waals surface area (Å²) in [7, 11) is 2.79. The fourth-order valence-electron chi connectivity index (χ4n) is 1.86. The van der Waals surface area contributed by atoms with Crippen LogP contribution in [0.2, 0.25) is 6.82 Å². The van der Waals surface area contributed by atoms with Gasteiger partial charge in [-0.15, -0.1) is 0 Å². The third kappa shape index (κ3) is 1.77. The molecule has 0 fully saturated rings. The first kappa shape index (κ1) is 11.1. The fraction of sp³-hybridized carbons (Fsp3) is 0.364. The van der Waals surface area contributed by atoms with Crippen molar-refractivity contribution in [2.75, 3.05) is 0 Å². The quantitative estimate of drug-likeness (QED) is 0.588. The summed E-state index contributed by atoms with van der Waals surface area (Å²) >= 11 is 0. The zero-order valence-corrected chi connectivity index (χ0v) is 9.48. The van der Waals surface area contributed by atoms with Crippen LogP contribution < -0.4 is 0 Å². The molecule has 14 heavy (non-hydrogen) atoms. The minimum Gasteiger partial charge on any atom is -0.290 e. The van der Waals surface area contributed by atoms with Crippen LogP contribution in [0.3, 0.4) is 0 Å². The second-order valence-electron chi connectivity index (χ2n) is 4.07. The van der Waals surface area contributed by atoms with Crippen LogP contribution in [0.5, 0.6) is 0 Å². The molecule has 0 heterocycles. The van der Waals surface area contributed by atoms with Crippen LogP contribution in [0.1, 0.15) is 13.8 Å². The Labute approximate surface area is 87.6 Å². The first-order chi connectivity index (χ1) is 6.49. The highest BCUT2D eigenvalue weighted by Crippen LogP contribution is 2.26. The van der Waals surface area contributed by atoms with Gasteiger partial charge in [-0.25, -0.2) is 0 Å². The van der Waals surface area contributed by atoms with Crippen molar-refractivity contribution in [2.24, 2.45) is 5.92 Å². The summed E-state index contributed by atoms with van der Waals surface area (Å²) in [6.07, 6.45) is 1.94. The number of ketones is 1. The van der Waals surface area contributed by atoms with E-state index in [1.54, 1.807) is 0 Å². The molecule has 72 valence electrons. The number of carbonyl (C=O) groups is 1. The van der Waals surface area contributed by atoms with Gasteiger partial charge >= 0.3 is 0 Å². The van der Waals surface area contributed by atoms with Crippen molar-refractivity contribution in [2.45, 2.75) is 20.7 Å². The molecule has 0 bridgehead atoms. The Hall–Kier alpha value is -0.980. The molecule has 0 aromatic heterocycles. The van der Waals surface area contributed by atoms with E-state index >= 15 is 0 Å². The van der Waals surface area contributed by atoms with Gasteiger partial charge < -0.3 is 0 Å². The lowest BCUT2D eigenvalue weighted by atomic mass is 9.60. The Kier molecular flexibility index (Phi) is 3.20. The lowest BCUT2D eigenvalue weighted by Crippen LogP contribution is -2.19. The molecular weight excluding hydrogens is 170 g/mol. The summed E-state index contributed by atoms with van der Waals surface area (Å²) in [4.78, 5) is 11.9. The van der Waals surface area contributed by atoms with Crippen molar-refractivity contribution in [3.8, 4) is 0 Å². The molecule has 0 N–H and O–H groups in total. The highest BCUT2D eigenvalue weighted by molar-refractivity contribution is 6.54. The van der Waals surface area contributed by atoms with Gasteiger partial charge in [0.1, 0.15) is 7.85 Å². The van der Waals surface area contributed by atoms with Crippen molar-refractivity contribution in [3.63, 3.8) is 0 Å². The van der Waals surface area contributed by atoms with E-state index in [1.807, 2.05) is 27.8 Å². The van der Waals surface area contributed by atoms with E-state index in [2.05, 4.69) is 13.4 Å². The van der Waals surface area contributed by atoms with Gasteiger partial charge in [-0.3, -0.25) is 4.79 Å². The number of allylic oxidation sites excluding steroid dienone is 5. The first-order valence-electron chi connectivity index (χ1n) is 5.14. The number of Topliss-reactive ketones (excluding diaryl/α,β-unsaturated/α-hetero) is 1. The summed E-state index contributed by atoms with van der Waals surface area (Å²) < 4.78 is 0. The van der Waals surface area contributed by atoms with Gasteiger partial charge in [0.15, 0.2) is 13.1 Å². The summed E-state index contributed by atoms with van der Waals surface area (Å²) in [6, 6.07) is 0. The average molecular weight is 186 g/mol. The lowest BCUT2D eigenvalue weighted by Gasteiger charge is -2.20. The van der Waals surface area contributed by atoms with E-state index in [-0.39, 0.29) is 11.7 Å². The molecule has 0 saturated carbocycles. The molecule has 0 unspecified atom stereocenters. The van der Waals surface area contributed by atoms with E-state index in [9.17, 15) is 4.79 Å². The maximum absolute atomic E-state index is 11.9. The summed E-state index contributed by atoms with van der Waals surface area (Å²) in [5.74, 6) is 0.483. The van der Waals surface area contributed by atoms with E-state index in [4.69, 9.17) is 0 Å². The third-order valence-electron chi connectivity index (χ3n) is 2.75. The van der Waals surface area contributed by atoms with E-state index in [0.29, 0.717) is 0 Å². The van der Waals surface area contributed by atoms with Crippen molar-refractivity contribution >= 4 is 20.9 Å².